The number of carbonyl (C=O) groups excluding carboxylic acids is 1. The van der Waals surface area contributed by atoms with E-state index in [1.807, 2.05) is 48.0 Å². The maximum atomic E-state index is 13.8. The van der Waals surface area contributed by atoms with Gasteiger partial charge in [0.1, 0.15) is 17.7 Å². The number of benzene rings is 2. The molecule has 3 aromatic rings. The monoisotopic (exact) mass is 463 g/mol. The zero-order valence-corrected chi connectivity index (χ0v) is 19.9. The molecule has 0 spiro atoms. The minimum absolute atomic E-state index is 0.0137. The van der Waals surface area contributed by atoms with Gasteiger partial charge in [-0.1, -0.05) is 26.0 Å². The number of hydrogen-bond donors (Lipinski definition) is 1. The van der Waals surface area contributed by atoms with Crippen LogP contribution in [0.3, 0.4) is 0 Å². The summed E-state index contributed by atoms with van der Waals surface area (Å²) < 4.78 is 21.1. The van der Waals surface area contributed by atoms with Crippen molar-refractivity contribution in [2.45, 2.75) is 44.8 Å². The third-order valence-electron chi connectivity index (χ3n) is 5.85. The lowest BCUT2D eigenvalue weighted by Crippen LogP contribution is -2.31. The number of esters is 1. The van der Waals surface area contributed by atoms with Crippen molar-refractivity contribution in [3.8, 4) is 22.5 Å². The van der Waals surface area contributed by atoms with Gasteiger partial charge in [0.2, 0.25) is 0 Å². The quantitative estimate of drug-likeness (QED) is 0.516. The van der Waals surface area contributed by atoms with E-state index >= 15 is 0 Å². The smallest absolute Gasteiger partial charge is 0.309 e. The number of aliphatic hydroxyl groups excluding tert-OH is 1. The van der Waals surface area contributed by atoms with Gasteiger partial charge in [-0.25, -0.2) is 9.37 Å². The van der Waals surface area contributed by atoms with E-state index in [4.69, 9.17) is 9.72 Å². The van der Waals surface area contributed by atoms with Crippen LogP contribution in [0.4, 0.5) is 10.1 Å². The minimum Gasteiger partial charge on any atom is -0.458 e. The third kappa shape index (κ3) is 5.04. The number of aliphatic hydroxyl groups is 1. The molecule has 0 unspecified atom stereocenters. The number of rotatable bonds is 6. The average molecular weight is 464 g/mol. The molecule has 4 rings (SSSR count). The highest BCUT2D eigenvalue weighted by molar-refractivity contribution is 5.82. The standard InChI is InChI=1S/C27H30FN3O3/c1-17(2)27-29-25(19-6-5-7-21(14-19)30(3)4)26(18-8-10-20(28)11-9-18)31(27)13-12-23-15-22(32)16-24(33)34-23/h5-14,17,22-23,32H,15-16H2,1-4H3/b13-12+/t22-,23-/m0/s1. The molecule has 1 saturated heterocycles. The Labute approximate surface area is 199 Å². The van der Waals surface area contributed by atoms with Crippen LogP contribution in [-0.2, 0) is 9.53 Å². The molecule has 1 aliphatic heterocycles. The molecular weight excluding hydrogens is 433 g/mol. The predicted molar refractivity (Wildman–Crippen MR) is 132 cm³/mol. The molecule has 7 heteroatoms. The maximum absolute atomic E-state index is 13.8. The number of hydrogen-bond acceptors (Lipinski definition) is 5. The second-order valence-corrected chi connectivity index (χ2v) is 9.11. The van der Waals surface area contributed by atoms with Crippen LogP contribution in [0.2, 0.25) is 0 Å². The molecule has 1 aliphatic rings. The second kappa shape index (κ2) is 9.81. The summed E-state index contributed by atoms with van der Waals surface area (Å²) in [4.78, 5) is 18.8. The SMILES string of the molecule is CC(C)c1nc(-c2cccc(N(C)C)c2)c(-c2ccc(F)cc2)n1/C=C/[C@H]1C[C@H](O)CC(=O)O1. The largest absolute Gasteiger partial charge is 0.458 e. The van der Waals surface area contributed by atoms with Crippen LogP contribution >= 0.6 is 0 Å². The molecule has 2 heterocycles. The van der Waals surface area contributed by atoms with Crippen molar-refractivity contribution in [1.82, 2.24) is 9.55 Å². The lowest BCUT2D eigenvalue weighted by molar-refractivity contribution is -0.156. The Morgan fingerprint density at radius 2 is 1.91 bits per heavy atom. The highest BCUT2D eigenvalue weighted by atomic mass is 19.1. The molecule has 1 aromatic heterocycles. The zero-order chi connectivity index (χ0) is 24.4. The molecule has 0 aliphatic carbocycles. The minimum atomic E-state index is -0.718. The first-order valence-electron chi connectivity index (χ1n) is 11.4. The summed E-state index contributed by atoms with van der Waals surface area (Å²) in [6.07, 6.45) is 2.73. The number of halogens is 1. The van der Waals surface area contributed by atoms with Gasteiger partial charge in [0.05, 0.1) is 23.9 Å². The molecule has 2 aromatic carbocycles. The van der Waals surface area contributed by atoms with E-state index in [1.165, 1.54) is 12.1 Å². The third-order valence-corrected chi connectivity index (χ3v) is 5.85. The van der Waals surface area contributed by atoms with Crippen molar-refractivity contribution in [2.75, 3.05) is 19.0 Å². The van der Waals surface area contributed by atoms with Gasteiger partial charge in [-0.15, -0.1) is 0 Å². The highest BCUT2D eigenvalue weighted by Gasteiger charge is 2.26. The molecule has 0 amide bonds. The molecule has 6 nitrogen and oxygen atoms in total. The lowest BCUT2D eigenvalue weighted by Gasteiger charge is -2.23. The first-order chi connectivity index (χ1) is 16.2. The summed E-state index contributed by atoms with van der Waals surface area (Å²) in [5.74, 6) is 0.189. The van der Waals surface area contributed by atoms with E-state index in [2.05, 4.69) is 19.9 Å². The van der Waals surface area contributed by atoms with Gasteiger partial charge < -0.3 is 19.3 Å². The van der Waals surface area contributed by atoms with Gasteiger partial charge in [-0.2, -0.15) is 0 Å². The Hall–Kier alpha value is -3.45. The number of imidazole rings is 1. The van der Waals surface area contributed by atoms with Crippen molar-refractivity contribution >= 4 is 17.9 Å². The molecule has 34 heavy (non-hydrogen) atoms. The summed E-state index contributed by atoms with van der Waals surface area (Å²) in [5.41, 5.74) is 4.40. The first-order valence-corrected chi connectivity index (χ1v) is 11.4. The highest BCUT2D eigenvalue weighted by Crippen LogP contribution is 2.36. The van der Waals surface area contributed by atoms with Crippen molar-refractivity contribution in [1.29, 1.82) is 0 Å². The van der Waals surface area contributed by atoms with Crippen LogP contribution in [0, 0.1) is 5.82 Å². The predicted octanol–water partition coefficient (Wildman–Crippen LogP) is 5.08. The Balaban J connectivity index is 1.88. The Bertz CT molecular complexity index is 1200. The van der Waals surface area contributed by atoms with Gasteiger partial charge in [0, 0.05) is 49.4 Å². The van der Waals surface area contributed by atoms with Crippen LogP contribution in [0.15, 0.2) is 54.6 Å². The van der Waals surface area contributed by atoms with Gasteiger partial charge in [-0.05, 0) is 42.5 Å². The van der Waals surface area contributed by atoms with Gasteiger partial charge in [0.25, 0.3) is 0 Å². The first kappa shape index (κ1) is 23.7. The lowest BCUT2D eigenvalue weighted by atomic mass is 10.0. The van der Waals surface area contributed by atoms with E-state index in [0.29, 0.717) is 6.42 Å². The van der Waals surface area contributed by atoms with Crippen molar-refractivity contribution in [3.05, 3.63) is 66.2 Å². The van der Waals surface area contributed by atoms with Crippen molar-refractivity contribution < 1.29 is 19.0 Å². The fraction of sp³-hybridized carbons (Fsp3) is 0.333. The molecule has 0 bridgehead atoms. The molecule has 1 N–H and O–H groups in total. The van der Waals surface area contributed by atoms with Crippen LogP contribution in [0.1, 0.15) is 38.4 Å². The van der Waals surface area contributed by atoms with Crippen LogP contribution in [0.25, 0.3) is 28.7 Å². The molecule has 1 fully saturated rings. The Morgan fingerprint density at radius 1 is 1.18 bits per heavy atom. The molecular formula is C27H30FN3O3. The van der Waals surface area contributed by atoms with E-state index in [1.54, 1.807) is 18.2 Å². The normalized spacial score (nSPS) is 18.5. The fourth-order valence-electron chi connectivity index (χ4n) is 4.13. The number of ether oxygens (including phenoxy) is 1. The van der Waals surface area contributed by atoms with E-state index in [-0.39, 0.29) is 18.2 Å². The van der Waals surface area contributed by atoms with Crippen molar-refractivity contribution in [3.63, 3.8) is 0 Å². The summed E-state index contributed by atoms with van der Waals surface area (Å²) in [6.45, 7) is 4.12. The van der Waals surface area contributed by atoms with Gasteiger partial charge >= 0.3 is 5.97 Å². The maximum Gasteiger partial charge on any atom is 0.309 e. The van der Waals surface area contributed by atoms with Gasteiger partial charge in [-0.3, -0.25) is 4.79 Å². The van der Waals surface area contributed by atoms with E-state index in [0.717, 1.165) is 34.0 Å². The number of aromatic nitrogens is 2. The molecule has 2 atom stereocenters. The number of carbonyl (C=O) groups is 1. The van der Waals surface area contributed by atoms with Gasteiger partial charge in [0.15, 0.2) is 0 Å². The van der Waals surface area contributed by atoms with Crippen molar-refractivity contribution in [2.24, 2.45) is 0 Å². The van der Waals surface area contributed by atoms with Crippen LogP contribution in [0.5, 0.6) is 0 Å². The van der Waals surface area contributed by atoms with E-state index in [9.17, 15) is 14.3 Å². The Morgan fingerprint density at radius 3 is 2.56 bits per heavy atom. The molecule has 0 radical (unpaired) electrons. The topological polar surface area (TPSA) is 67.6 Å². The molecule has 0 saturated carbocycles. The zero-order valence-electron chi connectivity index (χ0n) is 19.9. The average Bonchev–Trinajstić information content (AvgIpc) is 3.17. The Kier molecular flexibility index (Phi) is 6.84. The fourth-order valence-corrected chi connectivity index (χ4v) is 4.13. The summed E-state index contributed by atoms with van der Waals surface area (Å²) >= 11 is 0. The summed E-state index contributed by atoms with van der Waals surface area (Å²) in [6, 6.07) is 14.5. The number of nitrogens with zero attached hydrogens (tertiary/aromatic N) is 3. The number of anilines is 1. The number of cyclic esters (lactones) is 1. The van der Waals surface area contributed by atoms with Crippen LogP contribution < -0.4 is 4.90 Å². The summed E-state index contributed by atoms with van der Waals surface area (Å²) in [7, 11) is 3.97. The second-order valence-electron chi connectivity index (χ2n) is 9.11. The van der Waals surface area contributed by atoms with E-state index < -0.39 is 18.2 Å². The molecule has 178 valence electrons. The van der Waals surface area contributed by atoms with Crippen LogP contribution in [-0.4, -0.2) is 46.9 Å². The summed E-state index contributed by atoms with van der Waals surface area (Å²) in [5, 5.41) is 9.98.